The van der Waals surface area contributed by atoms with Gasteiger partial charge in [-0.2, -0.15) is 0 Å². The summed E-state index contributed by atoms with van der Waals surface area (Å²) in [5.74, 6) is 0.543. The monoisotopic (exact) mass is 338 g/mol. The van der Waals surface area contributed by atoms with Crippen molar-refractivity contribution in [1.29, 1.82) is 0 Å². The number of thiazole rings is 1. The van der Waals surface area contributed by atoms with Crippen molar-refractivity contribution in [2.45, 2.75) is 32.1 Å². The molecule has 2 atom stereocenters. The molecule has 0 spiro atoms. The van der Waals surface area contributed by atoms with Crippen LogP contribution in [0.3, 0.4) is 0 Å². The van der Waals surface area contributed by atoms with Crippen LogP contribution in [0.1, 0.15) is 42.7 Å². The highest BCUT2D eigenvalue weighted by Gasteiger charge is 2.15. The molecule has 0 aliphatic carbocycles. The Balaban J connectivity index is 1.54. The maximum atomic E-state index is 12.2. The van der Waals surface area contributed by atoms with E-state index in [1.54, 1.807) is 11.3 Å². The highest BCUT2D eigenvalue weighted by Crippen LogP contribution is 2.27. The zero-order chi connectivity index (χ0) is 16.9. The summed E-state index contributed by atoms with van der Waals surface area (Å²) in [5, 5.41) is 4.13. The van der Waals surface area contributed by atoms with Gasteiger partial charge in [-0.3, -0.25) is 4.79 Å². The number of para-hydroxylation sites is 1. The molecule has 0 radical (unpaired) electrons. The largest absolute Gasteiger partial charge is 0.355 e. The molecule has 2 aromatic carbocycles. The van der Waals surface area contributed by atoms with E-state index in [0.29, 0.717) is 13.0 Å². The third kappa shape index (κ3) is 4.01. The van der Waals surface area contributed by atoms with Gasteiger partial charge in [0.1, 0.15) is 0 Å². The molecular formula is C20H22N2OS. The van der Waals surface area contributed by atoms with Crippen LogP contribution in [0, 0.1) is 0 Å². The molecule has 0 saturated carbocycles. The Kier molecular flexibility index (Phi) is 5.26. The number of hydrogen-bond acceptors (Lipinski definition) is 3. The molecule has 0 aliphatic heterocycles. The third-order valence-electron chi connectivity index (χ3n) is 4.20. The van der Waals surface area contributed by atoms with Gasteiger partial charge in [-0.05, 0) is 23.6 Å². The molecule has 4 heteroatoms. The van der Waals surface area contributed by atoms with Crippen molar-refractivity contribution in [3.63, 3.8) is 0 Å². The van der Waals surface area contributed by atoms with E-state index >= 15 is 0 Å². The lowest BCUT2D eigenvalue weighted by Crippen LogP contribution is -2.28. The van der Waals surface area contributed by atoms with Crippen LogP contribution in [0.5, 0.6) is 0 Å². The Hall–Kier alpha value is -2.20. The molecule has 0 aliphatic rings. The third-order valence-corrected chi connectivity index (χ3v) is 5.47. The van der Waals surface area contributed by atoms with Gasteiger partial charge < -0.3 is 5.32 Å². The molecule has 3 nitrogen and oxygen atoms in total. The Labute approximate surface area is 146 Å². The number of carbonyl (C=O) groups excluding carboxylic acids is 1. The van der Waals surface area contributed by atoms with E-state index in [9.17, 15) is 4.79 Å². The normalized spacial score (nSPS) is 13.6. The zero-order valence-corrected chi connectivity index (χ0v) is 14.8. The first kappa shape index (κ1) is 16.7. The summed E-state index contributed by atoms with van der Waals surface area (Å²) >= 11 is 1.71. The summed E-state index contributed by atoms with van der Waals surface area (Å²) in [5.41, 5.74) is 2.24. The van der Waals surface area contributed by atoms with E-state index in [2.05, 4.69) is 42.3 Å². The number of fused-ring (bicyclic) bond motifs is 1. The minimum Gasteiger partial charge on any atom is -0.355 e. The van der Waals surface area contributed by atoms with Gasteiger partial charge in [0.25, 0.3) is 0 Å². The van der Waals surface area contributed by atoms with Crippen LogP contribution in [0.25, 0.3) is 10.2 Å². The summed E-state index contributed by atoms with van der Waals surface area (Å²) < 4.78 is 1.20. The summed E-state index contributed by atoms with van der Waals surface area (Å²) in [7, 11) is 0. The predicted octanol–water partition coefficient (Wildman–Crippen LogP) is 4.71. The first-order chi connectivity index (χ1) is 11.6. The predicted molar refractivity (Wildman–Crippen MR) is 101 cm³/mol. The van der Waals surface area contributed by atoms with E-state index in [0.717, 1.165) is 10.5 Å². The quantitative estimate of drug-likeness (QED) is 0.707. The van der Waals surface area contributed by atoms with Gasteiger partial charge >= 0.3 is 0 Å². The van der Waals surface area contributed by atoms with Crippen LogP contribution < -0.4 is 5.32 Å². The summed E-state index contributed by atoms with van der Waals surface area (Å²) in [6, 6.07) is 18.3. The summed E-state index contributed by atoms with van der Waals surface area (Å²) in [4.78, 5) is 16.9. The van der Waals surface area contributed by atoms with E-state index < -0.39 is 0 Å². The second-order valence-corrected chi connectivity index (χ2v) is 7.30. The van der Waals surface area contributed by atoms with Crippen molar-refractivity contribution in [3.05, 3.63) is 65.2 Å². The summed E-state index contributed by atoms with van der Waals surface area (Å²) in [6.45, 7) is 4.82. The molecule has 24 heavy (non-hydrogen) atoms. The van der Waals surface area contributed by atoms with Crippen LogP contribution >= 0.6 is 11.3 Å². The number of amides is 1. The average molecular weight is 338 g/mol. The van der Waals surface area contributed by atoms with Gasteiger partial charge in [0.15, 0.2) is 0 Å². The van der Waals surface area contributed by atoms with Crippen LogP contribution in [-0.4, -0.2) is 17.4 Å². The number of aromatic nitrogens is 1. The smallest absolute Gasteiger partial charge is 0.220 e. The molecule has 0 saturated heterocycles. The van der Waals surface area contributed by atoms with Gasteiger partial charge in [0, 0.05) is 18.9 Å². The fourth-order valence-corrected chi connectivity index (χ4v) is 3.72. The molecule has 3 aromatic rings. The molecule has 0 fully saturated rings. The molecule has 1 amide bonds. The Morgan fingerprint density at radius 1 is 1.04 bits per heavy atom. The maximum Gasteiger partial charge on any atom is 0.220 e. The number of rotatable bonds is 6. The second-order valence-electron chi connectivity index (χ2n) is 6.24. The fraction of sp³-hybridized carbons (Fsp3) is 0.300. The molecule has 1 N–H and O–H groups in total. The minimum absolute atomic E-state index is 0.0966. The summed E-state index contributed by atoms with van der Waals surface area (Å²) in [6.07, 6.45) is 0.510. The Bertz CT molecular complexity index is 780. The van der Waals surface area contributed by atoms with Gasteiger partial charge in [-0.25, -0.2) is 4.98 Å². The Morgan fingerprint density at radius 3 is 2.50 bits per heavy atom. The Morgan fingerprint density at radius 2 is 1.75 bits per heavy atom. The van der Waals surface area contributed by atoms with E-state index in [1.165, 1.54) is 10.3 Å². The first-order valence-electron chi connectivity index (χ1n) is 8.30. The fourth-order valence-electron chi connectivity index (χ4n) is 2.70. The highest BCUT2D eigenvalue weighted by atomic mass is 32.1. The minimum atomic E-state index is 0.0966. The van der Waals surface area contributed by atoms with Gasteiger partial charge in [0.2, 0.25) is 5.91 Å². The lowest BCUT2D eigenvalue weighted by Gasteiger charge is -2.14. The van der Waals surface area contributed by atoms with Crippen LogP contribution in [-0.2, 0) is 4.79 Å². The maximum absolute atomic E-state index is 12.2. The molecule has 1 heterocycles. The number of hydrogen-bond donors (Lipinski definition) is 1. The molecule has 2 unspecified atom stereocenters. The van der Waals surface area contributed by atoms with E-state index in [1.807, 2.05) is 36.4 Å². The average Bonchev–Trinajstić information content (AvgIpc) is 3.04. The number of benzene rings is 2. The van der Waals surface area contributed by atoms with Gasteiger partial charge in [0.05, 0.1) is 15.2 Å². The van der Waals surface area contributed by atoms with Crippen LogP contribution in [0.2, 0.25) is 0 Å². The number of carbonyl (C=O) groups is 1. The van der Waals surface area contributed by atoms with E-state index in [-0.39, 0.29) is 17.7 Å². The second kappa shape index (κ2) is 7.58. The van der Waals surface area contributed by atoms with Crippen LogP contribution in [0.4, 0.5) is 0 Å². The van der Waals surface area contributed by atoms with Crippen LogP contribution in [0.15, 0.2) is 54.6 Å². The molecule has 0 bridgehead atoms. The highest BCUT2D eigenvalue weighted by molar-refractivity contribution is 7.18. The molecular weight excluding hydrogens is 316 g/mol. The lowest BCUT2D eigenvalue weighted by atomic mass is 9.97. The number of nitrogens with zero attached hydrogens (tertiary/aromatic N) is 1. The lowest BCUT2D eigenvalue weighted by molar-refractivity contribution is -0.121. The molecule has 1 aromatic heterocycles. The van der Waals surface area contributed by atoms with Gasteiger partial charge in [-0.15, -0.1) is 11.3 Å². The van der Waals surface area contributed by atoms with E-state index in [4.69, 9.17) is 0 Å². The van der Waals surface area contributed by atoms with Crippen molar-refractivity contribution >= 4 is 27.5 Å². The molecule has 124 valence electrons. The number of nitrogens with one attached hydrogen (secondary N) is 1. The SMILES string of the molecule is CC(CC(=O)NCC(C)c1nc2ccccc2s1)c1ccccc1. The van der Waals surface area contributed by atoms with Crippen molar-refractivity contribution in [2.75, 3.05) is 6.54 Å². The van der Waals surface area contributed by atoms with Crippen molar-refractivity contribution in [3.8, 4) is 0 Å². The first-order valence-corrected chi connectivity index (χ1v) is 9.12. The van der Waals surface area contributed by atoms with Crippen molar-refractivity contribution in [2.24, 2.45) is 0 Å². The van der Waals surface area contributed by atoms with Gasteiger partial charge in [-0.1, -0.05) is 56.3 Å². The van der Waals surface area contributed by atoms with Crippen molar-refractivity contribution in [1.82, 2.24) is 10.3 Å². The standard InChI is InChI=1S/C20H22N2OS/c1-14(16-8-4-3-5-9-16)12-19(23)21-13-15(2)20-22-17-10-6-7-11-18(17)24-20/h3-11,14-15H,12-13H2,1-2H3,(H,21,23). The topological polar surface area (TPSA) is 42.0 Å². The molecule has 3 rings (SSSR count). The van der Waals surface area contributed by atoms with Crippen molar-refractivity contribution < 1.29 is 4.79 Å². The zero-order valence-electron chi connectivity index (χ0n) is 14.0.